The Morgan fingerprint density at radius 2 is 1.88 bits per heavy atom. The van der Waals surface area contributed by atoms with Crippen LogP contribution in [0, 0.1) is 10.1 Å². The van der Waals surface area contributed by atoms with Crippen molar-refractivity contribution in [3.63, 3.8) is 0 Å². The second-order valence-corrected chi connectivity index (χ2v) is 5.81. The number of nitrogens with one attached hydrogen (secondary N) is 1. The maximum Gasteiger partial charge on any atom is 0.282 e. The van der Waals surface area contributed by atoms with Gasteiger partial charge in [-0.15, -0.1) is 0 Å². The Balaban J connectivity index is 2.08. The number of nitrogens with zero attached hydrogens (tertiary/aromatic N) is 1. The monoisotopic (exact) mass is 344 g/mol. The number of benzene rings is 2. The molecule has 2 rings (SSSR count). The minimum atomic E-state index is -0.512. The molecule has 25 heavy (non-hydrogen) atoms. The maximum atomic E-state index is 12.5. The Kier molecular flexibility index (Phi) is 6.08. The first-order chi connectivity index (χ1) is 11.9. The lowest BCUT2D eigenvalue weighted by molar-refractivity contribution is -0.709. The van der Waals surface area contributed by atoms with Crippen LogP contribution in [0.2, 0.25) is 0 Å². The molecule has 0 unspecified atom stereocenters. The lowest BCUT2D eigenvalue weighted by Gasteiger charge is -2.17. The number of quaternary nitrogens is 1. The molecule has 7 heteroatoms. The first kappa shape index (κ1) is 18.4. The van der Waals surface area contributed by atoms with E-state index in [0.29, 0.717) is 5.75 Å². The van der Waals surface area contributed by atoms with Gasteiger partial charge in [0.25, 0.3) is 11.6 Å². The number of methoxy groups -OCH3 is 1. The van der Waals surface area contributed by atoms with Gasteiger partial charge in [-0.3, -0.25) is 14.9 Å². The third kappa shape index (κ3) is 4.77. The maximum absolute atomic E-state index is 12.5. The van der Waals surface area contributed by atoms with Crippen molar-refractivity contribution in [3.05, 3.63) is 64.2 Å². The van der Waals surface area contributed by atoms with Gasteiger partial charge in [0.2, 0.25) is 0 Å². The molecule has 0 aromatic heterocycles. The average Bonchev–Trinajstić information content (AvgIpc) is 2.62. The minimum absolute atomic E-state index is 0.106. The van der Waals surface area contributed by atoms with Crippen LogP contribution in [-0.2, 0) is 4.79 Å². The number of anilines is 1. The van der Waals surface area contributed by atoms with Gasteiger partial charge < -0.3 is 15.4 Å². The third-order valence-corrected chi connectivity index (χ3v) is 3.97. The smallest absolute Gasteiger partial charge is 0.282 e. The van der Waals surface area contributed by atoms with Gasteiger partial charge in [-0.25, -0.2) is 0 Å². The van der Waals surface area contributed by atoms with E-state index in [1.165, 1.54) is 25.3 Å². The van der Waals surface area contributed by atoms with Gasteiger partial charge in [0.05, 0.1) is 17.7 Å². The summed E-state index contributed by atoms with van der Waals surface area (Å²) >= 11 is 0. The van der Waals surface area contributed by atoms with E-state index in [-0.39, 0.29) is 29.4 Å². The largest absolute Gasteiger partial charge is 0.495 e. The van der Waals surface area contributed by atoms with Gasteiger partial charge in [0.15, 0.2) is 6.04 Å². The van der Waals surface area contributed by atoms with Crippen molar-refractivity contribution in [2.75, 3.05) is 12.4 Å². The van der Waals surface area contributed by atoms with E-state index in [2.05, 4.69) is 5.32 Å². The molecule has 0 radical (unpaired) electrons. The van der Waals surface area contributed by atoms with Crippen LogP contribution >= 0.6 is 0 Å². The number of nitro benzene ring substituents is 1. The highest BCUT2D eigenvalue weighted by atomic mass is 16.6. The highest BCUT2D eigenvalue weighted by Crippen LogP contribution is 2.28. The van der Waals surface area contributed by atoms with Gasteiger partial charge in [0.1, 0.15) is 11.8 Å². The van der Waals surface area contributed by atoms with Crippen molar-refractivity contribution in [3.8, 4) is 5.75 Å². The number of hydrogen-bond donors (Lipinski definition) is 2. The molecular weight excluding hydrogens is 322 g/mol. The van der Waals surface area contributed by atoms with E-state index < -0.39 is 4.92 Å². The number of nitrogens with two attached hydrogens (primary N) is 1. The van der Waals surface area contributed by atoms with Crippen LogP contribution in [0.5, 0.6) is 5.75 Å². The van der Waals surface area contributed by atoms with Crippen LogP contribution in [0.4, 0.5) is 11.4 Å². The normalized spacial score (nSPS) is 12.9. The molecule has 7 nitrogen and oxygen atoms in total. The number of hydrogen-bond acceptors (Lipinski definition) is 4. The summed E-state index contributed by atoms with van der Waals surface area (Å²) in [4.78, 5) is 22.9. The fraction of sp³-hybridized carbons (Fsp3) is 0.278. The van der Waals surface area contributed by atoms with E-state index in [0.717, 1.165) is 5.56 Å². The average molecular weight is 344 g/mol. The van der Waals surface area contributed by atoms with E-state index in [1.807, 2.05) is 42.6 Å². The number of nitro groups is 1. The standard InChI is InChI=1S/C18H21N3O4/c1-12(14-7-5-4-6-8-14)19-13(2)18(22)20-16-11-15(21(23)24)9-10-17(16)25-3/h4-13,19H,1-3H3,(H,20,22)/p+1/t12-,13+/m1/s1. The van der Waals surface area contributed by atoms with Crippen molar-refractivity contribution in [1.82, 2.24) is 0 Å². The van der Waals surface area contributed by atoms with E-state index in [1.54, 1.807) is 6.92 Å². The SMILES string of the molecule is COc1ccc([N+](=O)[O-])cc1NC(=O)[C@H](C)[NH2+][C@H](C)c1ccccc1. The predicted molar refractivity (Wildman–Crippen MR) is 94.5 cm³/mol. The summed E-state index contributed by atoms with van der Waals surface area (Å²) in [5.74, 6) is 0.129. The number of carbonyl (C=O) groups excluding carboxylic acids is 1. The molecular formula is C18H22N3O4+. The Labute approximate surface area is 146 Å². The molecule has 0 aliphatic carbocycles. The second-order valence-electron chi connectivity index (χ2n) is 5.81. The van der Waals surface area contributed by atoms with Crippen LogP contribution in [-0.4, -0.2) is 24.0 Å². The Bertz CT molecular complexity index is 749. The van der Waals surface area contributed by atoms with Crippen molar-refractivity contribution >= 4 is 17.3 Å². The van der Waals surface area contributed by atoms with Gasteiger partial charge in [-0.1, -0.05) is 30.3 Å². The number of carbonyl (C=O) groups is 1. The second kappa shape index (κ2) is 8.25. The van der Waals surface area contributed by atoms with Crippen molar-refractivity contribution in [2.24, 2.45) is 0 Å². The van der Waals surface area contributed by atoms with Gasteiger partial charge in [-0.2, -0.15) is 0 Å². The number of non-ortho nitro benzene ring substituents is 1. The van der Waals surface area contributed by atoms with Crippen molar-refractivity contribution < 1.29 is 19.8 Å². The zero-order chi connectivity index (χ0) is 18.4. The summed E-state index contributed by atoms with van der Waals surface area (Å²) in [5.41, 5.74) is 1.30. The summed E-state index contributed by atoms with van der Waals surface area (Å²) < 4.78 is 5.16. The number of rotatable bonds is 7. The molecule has 132 valence electrons. The molecule has 0 fully saturated rings. The topological polar surface area (TPSA) is 98.1 Å². The Hall–Kier alpha value is -2.93. The lowest BCUT2D eigenvalue weighted by atomic mass is 10.1. The van der Waals surface area contributed by atoms with Gasteiger partial charge in [0, 0.05) is 17.7 Å². The molecule has 1 amide bonds. The quantitative estimate of drug-likeness (QED) is 0.594. The third-order valence-electron chi connectivity index (χ3n) is 3.97. The summed E-state index contributed by atoms with van der Waals surface area (Å²) in [6.45, 7) is 3.81. The predicted octanol–water partition coefficient (Wildman–Crippen LogP) is 2.25. The molecule has 2 aromatic rings. The number of ether oxygens (including phenoxy) is 1. The summed E-state index contributed by atoms with van der Waals surface area (Å²) in [7, 11) is 1.45. The highest BCUT2D eigenvalue weighted by Gasteiger charge is 2.22. The molecule has 0 heterocycles. The first-order valence-electron chi connectivity index (χ1n) is 7.95. The Morgan fingerprint density at radius 3 is 2.48 bits per heavy atom. The van der Waals surface area contributed by atoms with E-state index >= 15 is 0 Å². The van der Waals surface area contributed by atoms with Crippen LogP contribution in [0.1, 0.15) is 25.5 Å². The fourth-order valence-electron chi connectivity index (χ4n) is 2.54. The molecule has 0 bridgehead atoms. The first-order valence-corrected chi connectivity index (χ1v) is 7.95. The molecule has 0 aliphatic rings. The molecule has 0 aliphatic heterocycles. The van der Waals surface area contributed by atoms with Crippen molar-refractivity contribution in [2.45, 2.75) is 25.9 Å². The summed E-state index contributed by atoms with van der Waals surface area (Å²) in [6.07, 6.45) is 0. The Morgan fingerprint density at radius 1 is 1.20 bits per heavy atom. The van der Waals surface area contributed by atoms with Gasteiger partial charge >= 0.3 is 0 Å². The molecule has 0 saturated heterocycles. The van der Waals surface area contributed by atoms with E-state index in [9.17, 15) is 14.9 Å². The zero-order valence-corrected chi connectivity index (χ0v) is 14.4. The lowest BCUT2D eigenvalue weighted by Crippen LogP contribution is -2.91. The van der Waals surface area contributed by atoms with Gasteiger partial charge in [-0.05, 0) is 19.9 Å². The molecule has 0 saturated carbocycles. The summed E-state index contributed by atoms with van der Waals surface area (Å²) in [6, 6.07) is 13.7. The fourth-order valence-corrected chi connectivity index (χ4v) is 2.54. The van der Waals surface area contributed by atoms with E-state index in [4.69, 9.17) is 4.74 Å². The molecule has 2 atom stereocenters. The molecule has 2 aromatic carbocycles. The molecule has 0 spiro atoms. The summed E-state index contributed by atoms with van der Waals surface area (Å²) in [5, 5.41) is 15.6. The van der Waals surface area contributed by atoms with Crippen LogP contribution in [0.25, 0.3) is 0 Å². The van der Waals surface area contributed by atoms with Crippen LogP contribution < -0.4 is 15.4 Å². The van der Waals surface area contributed by atoms with Crippen LogP contribution in [0.3, 0.4) is 0 Å². The minimum Gasteiger partial charge on any atom is -0.495 e. The molecule has 3 N–H and O–H groups in total. The van der Waals surface area contributed by atoms with Crippen molar-refractivity contribution in [1.29, 1.82) is 0 Å². The zero-order valence-electron chi connectivity index (χ0n) is 14.4. The highest BCUT2D eigenvalue weighted by molar-refractivity contribution is 5.95. The number of amides is 1. The van der Waals surface area contributed by atoms with Crippen LogP contribution in [0.15, 0.2) is 48.5 Å².